The molecule has 0 saturated carbocycles. The lowest BCUT2D eigenvalue weighted by Crippen LogP contribution is -2.26. The Morgan fingerprint density at radius 3 is 2.75 bits per heavy atom. The second kappa shape index (κ2) is 6.63. The molecule has 1 atom stereocenters. The summed E-state index contributed by atoms with van der Waals surface area (Å²) in [5.74, 6) is -0.162. The van der Waals surface area contributed by atoms with Crippen LogP contribution in [-0.2, 0) is 6.54 Å². The third-order valence-electron chi connectivity index (χ3n) is 3.57. The highest BCUT2D eigenvalue weighted by Gasteiger charge is 2.17. The molecule has 0 aliphatic rings. The van der Waals surface area contributed by atoms with Gasteiger partial charge in [-0.2, -0.15) is 5.10 Å². The van der Waals surface area contributed by atoms with Crippen LogP contribution in [0.2, 0.25) is 0 Å². The zero-order chi connectivity index (χ0) is 17.1. The van der Waals surface area contributed by atoms with Crippen molar-refractivity contribution < 1.29 is 14.2 Å². The maximum atomic E-state index is 13.4. The Bertz CT molecular complexity index is 892. The number of benzene rings is 1. The number of hydrogen-bond donors (Lipinski definition) is 1. The van der Waals surface area contributed by atoms with Gasteiger partial charge in [0, 0.05) is 18.0 Å². The number of aliphatic hydroxyl groups is 1. The van der Waals surface area contributed by atoms with E-state index in [0.717, 1.165) is 4.68 Å². The van der Waals surface area contributed by atoms with E-state index in [2.05, 4.69) is 10.1 Å². The predicted molar refractivity (Wildman–Crippen MR) is 83.5 cm³/mol. The van der Waals surface area contributed by atoms with Crippen LogP contribution in [0.3, 0.4) is 0 Å². The summed E-state index contributed by atoms with van der Waals surface area (Å²) < 4.78 is 21.0. The molecule has 1 N–H and O–H groups in total. The topological polar surface area (TPSA) is 82.2 Å². The van der Waals surface area contributed by atoms with Crippen molar-refractivity contribution in [2.45, 2.75) is 12.6 Å². The number of aromatic nitrogens is 4. The zero-order valence-corrected chi connectivity index (χ0v) is 12.8. The Hall–Kier alpha value is -3.00. The number of rotatable bonds is 5. The van der Waals surface area contributed by atoms with Crippen LogP contribution in [0, 0.1) is 5.82 Å². The molecule has 8 heteroatoms. The zero-order valence-electron chi connectivity index (χ0n) is 12.8. The van der Waals surface area contributed by atoms with Crippen LogP contribution >= 0.6 is 0 Å². The van der Waals surface area contributed by atoms with E-state index in [0.29, 0.717) is 11.4 Å². The summed E-state index contributed by atoms with van der Waals surface area (Å²) in [6.07, 6.45) is 3.33. The Kier molecular flexibility index (Phi) is 4.39. The van der Waals surface area contributed by atoms with Gasteiger partial charge in [0.15, 0.2) is 0 Å². The van der Waals surface area contributed by atoms with Gasteiger partial charge in [-0.15, -0.1) is 0 Å². The largest absolute Gasteiger partial charge is 0.496 e. The van der Waals surface area contributed by atoms with E-state index < -0.39 is 17.6 Å². The van der Waals surface area contributed by atoms with Gasteiger partial charge in [-0.25, -0.2) is 18.4 Å². The Morgan fingerprint density at radius 1 is 1.29 bits per heavy atom. The quantitative estimate of drug-likeness (QED) is 0.763. The van der Waals surface area contributed by atoms with Crippen LogP contribution in [0.5, 0.6) is 5.75 Å². The van der Waals surface area contributed by atoms with Crippen molar-refractivity contribution >= 4 is 0 Å². The fourth-order valence-electron chi connectivity index (χ4n) is 2.37. The van der Waals surface area contributed by atoms with Crippen LogP contribution in [0.15, 0.2) is 53.8 Å². The lowest BCUT2D eigenvalue weighted by atomic mass is 10.1. The summed E-state index contributed by atoms with van der Waals surface area (Å²) in [5, 5.41) is 14.3. The van der Waals surface area contributed by atoms with E-state index in [1.54, 1.807) is 24.5 Å². The fourth-order valence-corrected chi connectivity index (χ4v) is 2.37. The van der Waals surface area contributed by atoms with Crippen molar-refractivity contribution in [1.82, 2.24) is 19.3 Å². The molecule has 124 valence electrons. The molecule has 2 heterocycles. The smallest absolute Gasteiger partial charge is 0.350 e. The molecule has 1 unspecified atom stereocenters. The predicted octanol–water partition coefficient (Wildman–Crippen LogP) is 1.31. The molecule has 0 fully saturated rings. The number of pyridine rings is 1. The highest BCUT2D eigenvalue weighted by molar-refractivity contribution is 5.35. The maximum absolute atomic E-state index is 13.4. The lowest BCUT2D eigenvalue weighted by molar-refractivity contribution is 0.145. The molecule has 0 radical (unpaired) electrons. The van der Waals surface area contributed by atoms with Gasteiger partial charge in [0.25, 0.3) is 0 Å². The van der Waals surface area contributed by atoms with Crippen molar-refractivity contribution in [3.63, 3.8) is 0 Å². The van der Waals surface area contributed by atoms with Gasteiger partial charge >= 0.3 is 5.69 Å². The molecule has 0 bridgehead atoms. The number of methoxy groups -OCH3 is 1. The van der Waals surface area contributed by atoms with Crippen LogP contribution in [-0.4, -0.2) is 31.5 Å². The highest BCUT2D eigenvalue weighted by Crippen LogP contribution is 2.26. The number of ether oxygens (including phenoxy) is 1. The van der Waals surface area contributed by atoms with E-state index in [1.807, 2.05) is 0 Å². The van der Waals surface area contributed by atoms with Crippen LogP contribution in [0.25, 0.3) is 5.69 Å². The summed E-state index contributed by atoms with van der Waals surface area (Å²) in [5.41, 5.74) is 0.442. The first-order chi connectivity index (χ1) is 11.6. The number of aliphatic hydroxyl groups excluding tert-OH is 1. The molecule has 3 rings (SSSR count). The minimum absolute atomic E-state index is 0.128. The van der Waals surface area contributed by atoms with Crippen molar-refractivity contribution in [3.05, 3.63) is 70.9 Å². The third-order valence-corrected chi connectivity index (χ3v) is 3.57. The summed E-state index contributed by atoms with van der Waals surface area (Å²) in [7, 11) is 1.42. The van der Waals surface area contributed by atoms with E-state index in [-0.39, 0.29) is 12.1 Å². The fraction of sp³-hybridized carbons (Fsp3) is 0.188. The normalized spacial score (nSPS) is 12.1. The lowest BCUT2D eigenvalue weighted by Gasteiger charge is -2.14. The van der Waals surface area contributed by atoms with Gasteiger partial charge in [-0.3, -0.25) is 4.98 Å². The molecule has 3 aromatic rings. The standard InChI is InChI=1S/C16H15FN4O3/c1-24-15-3-2-11(17)8-13(15)14(22)9-21-16(23)20(10-19-21)12-4-6-18-7-5-12/h2-8,10,14,22H,9H2,1H3. The average Bonchev–Trinajstić information content (AvgIpc) is 2.96. The van der Waals surface area contributed by atoms with Gasteiger partial charge in [0.2, 0.25) is 0 Å². The first-order valence-corrected chi connectivity index (χ1v) is 7.16. The molecule has 2 aromatic heterocycles. The van der Waals surface area contributed by atoms with E-state index >= 15 is 0 Å². The van der Waals surface area contributed by atoms with E-state index in [9.17, 15) is 14.3 Å². The number of nitrogens with zero attached hydrogens (tertiary/aromatic N) is 4. The summed E-state index contributed by atoms with van der Waals surface area (Å²) >= 11 is 0. The van der Waals surface area contributed by atoms with Gasteiger partial charge in [0.05, 0.1) is 19.3 Å². The van der Waals surface area contributed by atoms with Crippen molar-refractivity contribution in [2.75, 3.05) is 7.11 Å². The molecule has 0 aliphatic carbocycles. The Labute approximate surface area is 136 Å². The molecular weight excluding hydrogens is 315 g/mol. The summed E-state index contributed by atoms with van der Waals surface area (Å²) in [4.78, 5) is 16.3. The van der Waals surface area contributed by atoms with Crippen molar-refractivity contribution in [2.24, 2.45) is 0 Å². The minimum atomic E-state index is -1.14. The Balaban J connectivity index is 1.89. The molecular formula is C16H15FN4O3. The first-order valence-electron chi connectivity index (χ1n) is 7.16. The summed E-state index contributed by atoms with van der Waals surface area (Å²) in [6, 6.07) is 7.17. The molecule has 0 aliphatic heterocycles. The van der Waals surface area contributed by atoms with Gasteiger partial charge < -0.3 is 9.84 Å². The van der Waals surface area contributed by atoms with Gasteiger partial charge in [-0.05, 0) is 30.3 Å². The average molecular weight is 330 g/mol. The monoisotopic (exact) mass is 330 g/mol. The van der Waals surface area contributed by atoms with E-state index in [1.165, 1.54) is 36.2 Å². The Morgan fingerprint density at radius 2 is 2.04 bits per heavy atom. The maximum Gasteiger partial charge on any atom is 0.350 e. The molecule has 24 heavy (non-hydrogen) atoms. The van der Waals surface area contributed by atoms with Crippen LogP contribution < -0.4 is 10.4 Å². The highest BCUT2D eigenvalue weighted by atomic mass is 19.1. The van der Waals surface area contributed by atoms with Crippen LogP contribution in [0.4, 0.5) is 4.39 Å². The molecule has 1 aromatic carbocycles. The minimum Gasteiger partial charge on any atom is -0.496 e. The van der Waals surface area contributed by atoms with Gasteiger partial charge in [-0.1, -0.05) is 0 Å². The molecule has 0 saturated heterocycles. The summed E-state index contributed by atoms with van der Waals surface area (Å²) in [6.45, 7) is -0.128. The number of halogens is 1. The molecule has 0 amide bonds. The van der Waals surface area contributed by atoms with E-state index in [4.69, 9.17) is 4.74 Å². The third kappa shape index (κ3) is 3.04. The van der Waals surface area contributed by atoms with Crippen molar-refractivity contribution in [1.29, 1.82) is 0 Å². The second-order valence-electron chi connectivity index (χ2n) is 5.07. The van der Waals surface area contributed by atoms with Gasteiger partial charge in [0.1, 0.15) is 24.0 Å². The van der Waals surface area contributed by atoms with Crippen LogP contribution in [0.1, 0.15) is 11.7 Å². The first kappa shape index (κ1) is 15.9. The SMILES string of the molecule is COc1ccc(F)cc1C(O)Cn1ncn(-c2ccncc2)c1=O. The number of hydrogen-bond acceptors (Lipinski definition) is 5. The molecule has 0 spiro atoms. The molecule has 7 nitrogen and oxygen atoms in total. The second-order valence-corrected chi connectivity index (χ2v) is 5.07. The van der Waals surface area contributed by atoms with Crippen molar-refractivity contribution in [3.8, 4) is 11.4 Å².